The van der Waals surface area contributed by atoms with Gasteiger partial charge in [-0.25, -0.2) is 8.42 Å². The van der Waals surface area contributed by atoms with Gasteiger partial charge in [0, 0.05) is 29.5 Å². The predicted octanol–water partition coefficient (Wildman–Crippen LogP) is 3.26. The van der Waals surface area contributed by atoms with Crippen LogP contribution in [0.3, 0.4) is 0 Å². The summed E-state index contributed by atoms with van der Waals surface area (Å²) in [5.74, 6) is -0.175. The van der Waals surface area contributed by atoms with Crippen molar-refractivity contribution in [2.45, 2.75) is 23.0 Å². The molecule has 0 aromatic heterocycles. The molecular formula is C19H22ClNO3S. The van der Waals surface area contributed by atoms with Gasteiger partial charge in [-0.1, -0.05) is 41.9 Å². The van der Waals surface area contributed by atoms with Crippen molar-refractivity contribution < 1.29 is 13.2 Å². The normalized spacial score (nSPS) is 25.7. The van der Waals surface area contributed by atoms with Crippen LogP contribution in [0, 0.1) is 5.41 Å². The Hall–Kier alpha value is -1.40. The highest BCUT2D eigenvalue weighted by molar-refractivity contribution is 7.92. The fraction of sp³-hybridized carbons (Fsp3) is 0.368. The molecule has 0 bridgehead atoms. The van der Waals surface area contributed by atoms with E-state index in [1.807, 2.05) is 37.3 Å². The number of hydrogen-bond acceptors (Lipinski definition) is 4. The monoisotopic (exact) mass is 379 g/mol. The maximum absolute atomic E-state index is 13.3. The molecule has 25 heavy (non-hydrogen) atoms. The number of ether oxygens (including phenoxy) is 1. The molecule has 4 nitrogen and oxygen atoms in total. The summed E-state index contributed by atoms with van der Waals surface area (Å²) in [5.41, 5.74) is 6.44. The molecule has 0 saturated heterocycles. The number of nitrogens with two attached hydrogens (primary N) is 1. The number of hydrogen-bond donors (Lipinski definition) is 1. The molecule has 0 amide bonds. The van der Waals surface area contributed by atoms with E-state index >= 15 is 0 Å². The van der Waals surface area contributed by atoms with Gasteiger partial charge in [0.15, 0.2) is 9.84 Å². The van der Waals surface area contributed by atoms with Gasteiger partial charge < -0.3 is 10.5 Å². The second-order valence-electron chi connectivity index (χ2n) is 6.38. The van der Waals surface area contributed by atoms with Gasteiger partial charge in [-0.3, -0.25) is 0 Å². The van der Waals surface area contributed by atoms with Crippen LogP contribution in [0.4, 0.5) is 0 Å². The van der Waals surface area contributed by atoms with Crippen molar-refractivity contribution in [3.8, 4) is 0 Å². The maximum Gasteiger partial charge on any atom is 0.182 e. The molecule has 3 atom stereocenters. The molecular weight excluding hydrogens is 358 g/mol. The third-order valence-electron chi connectivity index (χ3n) is 4.97. The third kappa shape index (κ3) is 3.22. The molecule has 6 heteroatoms. The summed E-state index contributed by atoms with van der Waals surface area (Å²) in [7, 11) is -3.55. The van der Waals surface area contributed by atoms with Crippen LogP contribution < -0.4 is 5.73 Å². The molecule has 0 heterocycles. The first-order valence-corrected chi connectivity index (χ1v) is 10.2. The Labute approximate surface area is 153 Å². The van der Waals surface area contributed by atoms with Crippen molar-refractivity contribution in [2.75, 3.05) is 19.8 Å². The summed E-state index contributed by atoms with van der Waals surface area (Å²) in [5, 5.41) is -0.0890. The lowest BCUT2D eigenvalue weighted by Crippen LogP contribution is -2.29. The van der Waals surface area contributed by atoms with E-state index in [9.17, 15) is 8.42 Å². The van der Waals surface area contributed by atoms with E-state index in [1.54, 1.807) is 24.3 Å². The van der Waals surface area contributed by atoms with Crippen LogP contribution in [-0.4, -0.2) is 33.4 Å². The Kier molecular flexibility index (Phi) is 5.21. The van der Waals surface area contributed by atoms with Gasteiger partial charge in [0.2, 0.25) is 0 Å². The molecule has 2 N–H and O–H groups in total. The lowest BCUT2D eigenvalue weighted by molar-refractivity contribution is 0.101. The lowest BCUT2D eigenvalue weighted by Gasteiger charge is -2.16. The molecule has 1 aliphatic rings. The van der Waals surface area contributed by atoms with Crippen LogP contribution in [0.25, 0.3) is 0 Å². The Bertz CT molecular complexity index is 824. The second-order valence-corrected chi connectivity index (χ2v) is 8.89. The van der Waals surface area contributed by atoms with Crippen LogP contribution in [0.1, 0.15) is 18.4 Å². The highest BCUT2D eigenvalue weighted by Crippen LogP contribution is 2.63. The largest absolute Gasteiger partial charge is 0.381 e. The standard InChI is InChI=1S/C19H22ClNO3S/c1-2-24-13-19(12-21)17(14-6-4-3-5-7-14)18(19)25(22,23)16-10-8-15(20)9-11-16/h3-11,17-18H,2,12-13,21H2,1H3/t17-,18+,19+/m1/s1. The quantitative estimate of drug-likeness (QED) is 0.801. The van der Waals surface area contributed by atoms with Crippen molar-refractivity contribution in [3.05, 3.63) is 65.2 Å². The second kappa shape index (κ2) is 7.08. The molecule has 2 aromatic carbocycles. The molecule has 3 rings (SSSR count). The Morgan fingerprint density at radius 1 is 1.12 bits per heavy atom. The van der Waals surface area contributed by atoms with Crippen LogP contribution in [0.5, 0.6) is 0 Å². The van der Waals surface area contributed by atoms with Crippen molar-refractivity contribution >= 4 is 21.4 Å². The summed E-state index contributed by atoms with van der Waals surface area (Å²) in [6, 6.07) is 16.0. The Morgan fingerprint density at radius 3 is 2.32 bits per heavy atom. The molecule has 0 unspecified atom stereocenters. The molecule has 0 spiro atoms. The van der Waals surface area contributed by atoms with Gasteiger partial charge in [-0.2, -0.15) is 0 Å². The topological polar surface area (TPSA) is 69.4 Å². The summed E-state index contributed by atoms with van der Waals surface area (Å²) in [4.78, 5) is 0.273. The van der Waals surface area contributed by atoms with Crippen LogP contribution in [0.2, 0.25) is 5.02 Å². The minimum atomic E-state index is -3.55. The predicted molar refractivity (Wildman–Crippen MR) is 99.6 cm³/mol. The van der Waals surface area contributed by atoms with Crippen LogP contribution >= 0.6 is 11.6 Å². The molecule has 0 aliphatic heterocycles. The molecule has 1 aliphatic carbocycles. The van der Waals surface area contributed by atoms with Gasteiger partial charge >= 0.3 is 0 Å². The minimum absolute atomic E-state index is 0.175. The van der Waals surface area contributed by atoms with E-state index in [2.05, 4.69) is 0 Å². The van der Waals surface area contributed by atoms with E-state index in [-0.39, 0.29) is 17.4 Å². The molecule has 2 aromatic rings. The maximum atomic E-state index is 13.3. The van der Waals surface area contributed by atoms with E-state index in [0.29, 0.717) is 18.2 Å². The van der Waals surface area contributed by atoms with Gasteiger partial charge in [-0.05, 0) is 36.8 Å². The van der Waals surface area contributed by atoms with Crippen molar-refractivity contribution in [2.24, 2.45) is 11.1 Å². The lowest BCUT2D eigenvalue weighted by atomic mass is 10.0. The Balaban J connectivity index is 2.03. The fourth-order valence-electron chi connectivity index (χ4n) is 3.65. The van der Waals surface area contributed by atoms with Gasteiger partial charge in [0.25, 0.3) is 0 Å². The number of benzene rings is 2. The van der Waals surface area contributed by atoms with Gasteiger partial charge in [0.05, 0.1) is 16.8 Å². The number of rotatable bonds is 7. The van der Waals surface area contributed by atoms with E-state index in [1.165, 1.54) is 0 Å². The van der Waals surface area contributed by atoms with Gasteiger partial charge in [-0.15, -0.1) is 0 Å². The summed E-state index contributed by atoms with van der Waals surface area (Å²) < 4.78 is 32.2. The van der Waals surface area contributed by atoms with Crippen molar-refractivity contribution in [3.63, 3.8) is 0 Å². The SMILES string of the molecule is CCOC[C@@]1(CN)[C@H](c2ccccc2)[C@@H]1S(=O)(=O)c1ccc(Cl)cc1. The summed E-state index contributed by atoms with van der Waals surface area (Å²) >= 11 is 5.90. The van der Waals surface area contributed by atoms with Crippen LogP contribution in [-0.2, 0) is 14.6 Å². The first kappa shape index (κ1) is 18.4. The zero-order valence-corrected chi connectivity index (χ0v) is 15.6. The fourth-order valence-corrected chi connectivity index (χ4v) is 6.22. The summed E-state index contributed by atoms with van der Waals surface area (Å²) in [6.07, 6.45) is 0. The van der Waals surface area contributed by atoms with Crippen molar-refractivity contribution in [1.82, 2.24) is 0 Å². The minimum Gasteiger partial charge on any atom is -0.381 e. The molecule has 0 radical (unpaired) electrons. The third-order valence-corrected chi connectivity index (χ3v) is 7.56. The van der Waals surface area contributed by atoms with Crippen LogP contribution in [0.15, 0.2) is 59.5 Å². The summed E-state index contributed by atoms with van der Waals surface area (Å²) in [6.45, 7) is 3.00. The van der Waals surface area contributed by atoms with Gasteiger partial charge in [0.1, 0.15) is 0 Å². The van der Waals surface area contributed by atoms with E-state index < -0.39 is 20.5 Å². The average Bonchev–Trinajstić information content (AvgIpc) is 3.31. The Morgan fingerprint density at radius 2 is 1.76 bits per heavy atom. The smallest absolute Gasteiger partial charge is 0.182 e. The highest BCUT2D eigenvalue weighted by Gasteiger charge is 2.70. The molecule has 1 fully saturated rings. The van der Waals surface area contributed by atoms with E-state index in [4.69, 9.17) is 22.1 Å². The molecule has 1 saturated carbocycles. The zero-order chi connectivity index (χ0) is 18.1. The first-order chi connectivity index (χ1) is 12.0. The van der Waals surface area contributed by atoms with E-state index in [0.717, 1.165) is 5.56 Å². The first-order valence-electron chi connectivity index (χ1n) is 8.29. The van der Waals surface area contributed by atoms with Crippen molar-refractivity contribution in [1.29, 1.82) is 0 Å². The number of halogens is 1. The average molecular weight is 380 g/mol. The zero-order valence-electron chi connectivity index (χ0n) is 14.1. The highest BCUT2D eigenvalue weighted by atomic mass is 35.5. The number of sulfone groups is 1. The molecule has 134 valence electrons.